The highest BCUT2D eigenvalue weighted by Crippen LogP contribution is 2.48. The van der Waals surface area contributed by atoms with Gasteiger partial charge in [-0.1, -0.05) is 6.08 Å². The fourth-order valence-corrected chi connectivity index (χ4v) is 3.23. The summed E-state index contributed by atoms with van der Waals surface area (Å²) in [5.41, 5.74) is 6.02. The van der Waals surface area contributed by atoms with Crippen LogP contribution in [0, 0.1) is 0 Å². The number of rotatable bonds is 0. The van der Waals surface area contributed by atoms with Gasteiger partial charge < -0.3 is 0 Å². The summed E-state index contributed by atoms with van der Waals surface area (Å²) < 4.78 is 0. The van der Waals surface area contributed by atoms with E-state index in [0.717, 1.165) is 0 Å². The number of hydrogen-bond acceptors (Lipinski definition) is 1. The predicted molar refractivity (Wildman–Crippen MR) is 56.2 cm³/mol. The topological polar surface area (TPSA) is 0 Å². The standard InChI is InChI=1S/C11H14S/c1-6-5-10-8(3)12-9(4)11(10)7(6)2/h5,8H,1-4H3. The second-order valence-electron chi connectivity index (χ2n) is 3.60. The molecule has 0 aromatic carbocycles. The maximum Gasteiger partial charge on any atom is 0.0319 e. The Kier molecular flexibility index (Phi) is 1.72. The van der Waals surface area contributed by atoms with Crippen LogP contribution < -0.4 is 0 Å². The molecule has 0 aromatic rings. The lowest BCUT2D eigenvalue weighted by molar-refractivity contribution is 1.17. The van der Waals surface area contributed by atoms with Crippen LogP contribution in [0.5, 0.6) is 0 Å². The fourth-order valence-electron chi connectivity index (χ4n) is 2.00. The van der Waals surface area contributed by atoms with Crippen molar-refractivity contribution in [3.8, 4) is 0 Å². The minimum absolute atomic E-state index is 0.674. The fraction of sp³-hybridized carbons (Fsp3) is 0.455. The van der Waals surface area contributed by atoms with Gasteiger partial charge in [-0.2, -0.15) is 0 Å². The summed E-state index contributed by atoms with van der Waals surface area (Å²) >= 11 is 2.00. The average molecular weight is 178 g/mol. The summed E-state index contributed by atoms with van der Waals surface area (Å²) in [5.74, 6) is 0. The lowest BCUT2D eigenvalue weighted by Gasteiger charge is -2.02. The minimum atomic E-state index is 0.674. The van der Waals surface area contributed by atoms with E-state index in [4.69, 9.17) is 0 Å². The second-order valence-corrected chi connectivity index (χ2v) is 5.15. The molecule has 1 unspecified atom stereocenters. The maximum atomic E-state index is 2.35. The molecular formula is C11H14S. The lowest BCUT2D eigenvalue weighted by atomic mass is 10.0. The van der Waals surface area contributed by atoms with Gasteiger partial charge in [0.2, 0.25) is 0 Å². The third kappa shape index (κ3) is 0.925. The molecule has 0 bridgehead atoms. The lowest BCUT2D eigenvalue weighted by Crippen LogP contribution is -1.93. The first-order valence-electron chi connectivity index (χ1n) is 4.38. The number of fused-ring (bicyclic) bond motifs is 1. The van der Waals surface area contributed by atoms with Gasteiger partial charge in [0.1, 0.15) is 0 Å². The largest absolute Gasteiger partial charge is 0.122 e. The van der Waals surface area contributed by atoms with Crippen molar-refractivity contribution in [3.05, 3.63) is 33.3 Å². The highest BCUT2D eigenvalue weighted by molar-refractivity contribution is 8.04. The summed E-state index contributed by atoms with van der Waals surface area (Å²) in [4.78, 5) is 1.50. The maximum absolute atomic E-state index is 2.35. The van der Waals surface area contributed by atoms with Crippen LogP contribution in [0.4, 0.5) is 0 Å². The Morgan fingerprint density at radius 3 is 2.50 bits per heavy atom. The van der Waals surface area contributed by atoms with Crippen molar-refractivity contribution in [1.82, 2.24) is 0 Å². The van der Waals surface area contributed by atoms with Gasteiger partial charge in [0, 0.05) is 5.25 Å². The first-order chi connectivity index (χ1) is 5.61. The van der Waals surface area contributed by atoms with E-state index in [2.05, 4.69) is 33.8 Å². The van der Waals surface area contributed by atoms with Crippen molar-refractivity contribution in [2.24, 2.45) is 0 Å². The van der Waals surface area contributed by atoms with Gasteiger partial charge >= 0.3 is 0 Å². The molecule has 0 saturated carbocycles. The SMILES string of the molecule is CC1=C(C)C2=C(C)SC(C)C2=C1. The molecule has 0 saturated heterocycles. The van der Waals surface area contributed by atoms with Crippen molar-refractivity contribution in [3.63, 3.8) is 0 Å². The van der Waals surface area contributed by atoms with E-state index < -0.39 is 0 Å². The minimum Gasteiger partial charge on any atom is -0.122 e. The van der Waals surface area contributed by atoms with Crippen molar-refractivity contribution < 1.29 is 0 Å². The summed E-state index contributed by atoms with van der Waals surface area (Å²) in [6.45, 7) is 8.97. The van der Waals surface area contributed by atoms with E-state index >= 15 is 0 Å². The molecule has 0 amide bonds. The van der Waals surface area contributed by atoms with Gasteiger partial charge in [-0.25, -0.2) is 0 Å². The second kappa shape index (κ2) is 2.53. The van der Waals surface area contributed by atoms with Crippen molar-refractivity contribution in [2.45, 2.75) is 32.9 Å². The first kappa shape index (κ1) is 8.18. The average Bonchev–Trinajstić information content (AvgIpc) is 2.41. The van der Waals surface area contributed by atoms with Crippen LogP contribution in [0.15, 0.2) is 33.3 Å². The summed E-state index contributed by atoms with van der Waals surface area (Å²) in [6, 6.07) is 0. The highest BCUT2D eigenvalue weighted by atomic mass is 32.2. The number of allylic oxidation sites excluding steroid dienone is 5. The monoisotopic (exact) mass is 178 g/mol. The van der Waals surface area contributed by atoms with E-state index in [1.807, 2.05) is 11.8 Å². The van der Waals surface area contributed by atoms with E-state index in [0.29, 0.717) is 5.25 Å². The molecule has 0 aromatic heterocycles. The van der Waals surface area contributed by atoms with Gasteiger partial charge in [0.25, 0.3) is 0 Å². The van der Waals surface area contributed by atoms with Gasteiger partial charge in [-0.3, -0.25) is 0 Å². The molecule has 1 aliphatic heterocycles. The summed E-state index contributed by atoms with van der Waals surface area (Å²) in [5, 5.41) is 0.674. The zero-order chi connectivity index (χ0) is 8.88. The molecule has 0 N–H and O–H groups in total. The van der Waals surface area contributed by atoms with E-state index in [9.17, 15) is 0 Å². The van der Waals surface area contributed by atoms with Gasteiger partial charge in [-0.15, -0.1) is 11.8 Å². The third-order valence-corrected chi connectivity index (χ3v) is 3.94. The van der Waals surface area contributed by atoms with Gasteiger partial charge in [-0.05, 0) is 54.9 Å². The van der Waals surface area contributed by atoms with Gasteiger partial charge in [0.05, 0.1) is 0 Å². The molecule has 1 heterocycles. The van der Waals surface area contributed by atoms with Crippen molar-refractivity contribution in [2.75, 3.05) is 0 Å². The number of thioether (sulfide) groups is 1. The molecule has 0 fully saturated rings. The Balaban J connectivity index is 2.55. The highest BCUT2D eigenvalue weighted by Gasteiger charge is 2.29. The molecule has 2 aliphatic rings. The summed E-state index contributed by atoms with van der Waals surface area (Å²) in [7, 11) is 0. The quantitative estimate of drug-likeness (QED) is 0.545. The Morgan fingerprint density at radius 2 is 1.92 bits per heavy atom. The Hall–Kier alpha value is -0.430. The zero-order valence-electron chi connectivity index (χ0n) is 8.06. The van der Waals surface area contributed by atoms with Crippen molar-refractivity contribution in [1.29, 1.82) is 0 Å². The van der Waals surface area contributed by atoms with Crippen LogP contribution in [0.2, 0.25) is 0 Å². The number of hydrogen-bond donors (Lipinski definition) is 0. The predicted octanol–water partition coefficient (Wildman–Crippen LogP) is 3.67. The van der Waals surface area contributed by atoms with Crippen molar-refractivity contribution >= 4 is 11.8 Å². The van der Waals surface area contributed by atoms with Crippen LogP contribution >= 0.6 is 11.8 Å². The van der Waals surface area contributed by atoms with Crippen LogP contribution in [0.25, 0.3) is 0 Å². The smallest absolute Gasteiger partial charge is 0.0319 e. The van der Waals surface area contributed by atoms with Crippen LogP contribution in [-0.4, -0.2) is 5.25 Å². The molecule has 2 rings (SSSR count). The molecule has 0 radical (unpaired) electrons. The van der Waals surface area contributed by atoms with E-state index in [1.165, 1.54) is 21.6 Å². The van der Waals surface area contributed by atoms with Crippen LogP contribution in [0.1, 0.15) is 27.7 Å². The van der Waals surface area contributed by atoms with Gasteiger partial charge in [0.15, 0.2) is 0 Å². The molecule has 0 spiro atoms. The molecule has 12 heavy (non-hydrogen) atoms. The molecule has 1 heteroatoms. The van der Waals surface area contributed by atoms with E-state index in [1.54, 1.807) is 5.57 Å². The summed E-state index contributed by atoms with van der Waals surface area (Å²) in [6.07, 6.45) is 2.35. The zero-order valence-corrected chi connectivity index (χ0v) is 8.88. The molecule has 1 atom stereocenters. The Labute approximate surface area is 78.4 Å². The molecule has 0 nitrogen and oxygen atoms in total. The molecule has 64 valence electrons. The normalized spacial score (nSPS) is 28.3. The third-order valence-electron chi connectivity index (χ3n) is 2.77. The van der Waals surface area contributed by atoms with Crippen LogP contribution in [-0.2, 0) is 0 Å². The molecular weight excluding hydrogens is 164 g/mol. The Bertz CT molecular complexity index is 329. The van der Waals surface area contributed by atoms with Crippen LogP contribution in [0.3, 0.4) is 0 Å². The Morgan fingerprint density at radius 1 is 1.25 bits per heavy atom. The van der Waals surface area contributed by atoms with E-state index in [-0.39, 0.29) is 0 Å². The molecule has 1 aliphatic carbocycles. The first-order valence-corrected chi connectivity index (χ1v) is 5.26.